The molecule has 7 heteroatoms. The molecule has 0 radical (unpaired) electrons. The van der Waals surface area contributed by atoms with Crippen molar-refractivity contribution in [1.82, 2.24) is 14.9 Å². The highest BCUT2D eigenvalue weighted by Gasteiger charge is 2.35. The van der Waals surface area contributed by atoms with Crippen molar-refractivity contribution in [2.75, 3.05) is 18.4 Å². The second-order valence-corrected chi connectivity index (χ2v) is 5.87. The predicted octanol–water partition coefficient (Wildman–Crippen LogP) is 3.51. The number of likely N-dealkylation sites (tertiary alicyclic amines) is 1. The van der Waals surface area contributed by atoms with Gasteiger partial charge in [-0.3, -0.25) is 0 Å². The molecule has 122 valence electrons. The molecule has 2 aromatic rings. The van der Waals surface area contributed by atoms with Crippen LogP contribution < -0.4 is 5.32 Å². The van der Waals surface area contributed by atoms with E-state index in [2.05, 4.69) is 15.3 Å². The van der Waals surface area contributed by atoms with Crippen LogP contribution >= 0.6 is 0 Å². The molecule has 1 aliphatic rings. The third-order valence-corrected chi connectivity index (χ3v) is 4.11. The number of halogens is 2. The third-order valence-electron chi connectivity index (χ3n) is 4.11. The molecule has 1 saturated heterocycles. The summed E-state index contributed by atoms with van der Waals surface area (Å²) < 4.78 is 26.3. The number of amides is 2. The quantitative estimate of drug-likeness (QED) is 0.875. The van der Waals surface area contributed by atoms with Crippen molar-refractivity contribution in [1.29, 1.82) is 0 Å². The fraction of sp³-hybridized carbons (Fsp3) is 0.438. The van der Waals surface area contributed by atoms with Crippen LogP contribution in [0.25, 0.3) is 11.0 Å². The van der Waals surface area contributed by atoms with Crippen LogP contribution in [0, 0.1) is 13.8 Å². The average Bonchev–Trinajstić information content (AvgIpc) is 2.48. The van der Waals surface area contributed by atoms with E-state index in [-0.39, 0.29) is 32.0 Å². The van der Waals surface area contributed by atoms with Gasteiger partial charge in [-0.25, -0.2) is 23.5 Å². The molecule has 1 aliphatic heterocycles. The maximum Gasteiger partial charge on any atom is 0.321 e. The van der Waals surface area contributed by atoms with Crippen molar-refractivity contribution in [2.24, 2.45) is 0 Å². The molecular weight excluding hydrogens is 302 g/mol. The minimum Gasteiger partial charge on any atom is -0.324 e. The van der Waals surface area contributed by atoms with Crippen molar-refractivity contribution < 1.29 is 13.6 Å². The summed E-state index contributed by atoms with van der Waals surface area (Å²) in [5.74, 6) is -2.66. The fourth-order valence-electron chi connectivity index (χ4n) is 2.55. The molecule has 0 unspecified atom stereocenters. The first kappa shape index (κ1) is 15.6. The number of aryl methyl sites for hydroxylation is 2. The topological polar surface area (TPSA) is 58.1 Å². The smallest absolute Gasteiger partial charge is 0.321 e. The number of benzene rings is 1. The minimum atomic E-state index is -2.66. The van der Waals surface area contributed by atoms with E-state index in [1.165, 1.54) is 4.90 Å². The first-order chi connectivity index (χ1) is 10.8. The molecule has 2 amide bonds. The van der Waals surface area contributed by atoms with Gasteiger partial charge in [-0.05, 0) is 32.0 Å². The zero-order valence-electron chi connectivity index (χ0n) is 13.1. The molecule has 5 nitrogen and oxygen atoms in total. The van der Waals surface area contributed by atoms with Crippen LogP contribution in [0.4, 0.5) is 19.3 Å². The maximum absolute atomic E-state index is 13.1. The lowest BCUT2D eigenvalue weighted by Crippen LogP contribution is -2.44. The SMILES string of the molecule is Cc1nc2ccc(NC(=O)N3CCC(F)(F)CC3)cc2nc1C. The highest BCUT2D eigenvalue weighted by molar-refractivity contribution is 5.92. The van der Waals surface area contributed by atoms with E-state index in [0.717, 1.165) is 16.9 Å². The van der Waals surface area contributed by atoms with Crippen molar-refractivity contribution in [2.45, 2.75) is 32.6 Å². The molecule has 1 aromatic carbocycles. The van der Waals surface area contributed by atoms with Crippen molar-refractivity contribution in [3.8, 4) is 0 Å². The van der Waals surface area contributed by atoms with E-state index in [1.807, 2.05) is 13.8 Å². The van der Waals surface area contributed by atoms with Crippen LogP contribution in [-0.2, 0) is 0 Å². The van der Waals surface area contributed by atoms with Gasteiger partial charge in [0.05, 0.1) is 22.4 Å². The second kappa shape index (κ2) is 5.72. The first-order valence-corrected chi connectivity index (χ1v) is 7.53. The number of nitrogens with one attached hydrogen (secondary N) is 1. The largest absolute Gasteiger partial charge is 0.324 e. The molecule has 2 heterocycles. The van der Waals surface area contributed by atoms with Gasteiger partial charge in [-0.2, -0.15) is 0 Å². The standard InChI is InChI=1S/C16H18F2N4O/c1-10-11(2)20-14-9-12(3-4-13(14)19-10)21-15(23)22-7-5-16(17,18)6-8-22/h3-4,9H,5-8H2,1-2H3,(H,21,23). The zero-order chi connectivity index (χ0) is 16.6. The molecule has 1 N–H and O–H groups in total. The molecule has 3 rings (SSSR count). The van der Waals surface area contributed by atoms with E-state index < -0.39 is 5.92 Å². The number of piperidine rings is 1. The zero-order valence-corrected chi connectivity index (χ0v) is 13.1. The van der Waals surface area contributed by atoms with E-state index >= 15 is 0 Å². The van der Waals surface area contributed by atoms with Crippen LogP contribution in [0.2, 0.25) is 0 Å². The van der Waals surface area contributed by atoms with E-state index in [9.17, 15) is 13.6 Å². The van der Waals surface area contributed by atoms with Crippen LogP contribution in [0.15, 0.2) is 18.2 Å². The summed E-state index contributed by atoms with van der Waals surface area (Å²) >= 11 is 0. The number of anilines is 1. The number of rotatable bonds is 1. The summed E-state index contributed by atoms with van der Waals surface area (Å²) in [4.78, 5) is 22.5. The Morgan fingerprint density at radius 2 is 1.74 bits per heavy atom. The lowest BCUT2D eigenvalue weighted by molar-refractivity contribution is -0.0461. The van der Waals surface area contributed by atoms with Gasteiger partial charge in [0.25, 0.3) is 5.92 Å². The summed E-state index contributed by atoms with van der Waals surface area (Å²) in [6, 6.07) is 4.90. The Kier molecular flexibility index (Phi) is 3.87. The normalized spacial score (nSPS) is 17.3. The highest BCUT2D eigenvalue weighted by Crippen LogP contribution is 2.28. The van der Waals surface area contributed by atoms with Gasteiger partial charge in [0.2, 0.25) is 0 Å². The highest BCUT2D eigenvalue weighted by atomic mass is 19.3. The lowest BCUT2D eigenvalue weighted by Gasteiger charge is -2.31. The maximum atomic E-state index is 13.1. The number of hydrogen-bond donors (Lipinski definition) is 1. The number of carbonyl (C=O) groups excluding carboxylic acids is 1. The van der Waals surface area contributed by atoms with Crippen molar-refractivity contribution in [3.05, 3.63) is 29.6 Å². The average molecular weight is 320 g/mol. The van der Waals surface area contributed by atoms with Crippen molar-refractivity contribution in [3.63, 3.8) is 0 Å². The molecule has 0 atom stereocenters. The van der Waals surface area contributed by atoms with Gasteiger partial charge in [-0.1, -0.05) is 0 Å². The van der Waals surface area contributed by atoms with Gasteiger partial charge in [0, 0.05) is 31.6 Å². The molecule has 0 saturated carbocycles. The lowest BCUT2D eigenvalue weighted by atomic mass is 10.1. The molecule has 1 aromatic heterocycles. The third kappa shape index (κ3) is 3.38. The Morgan fingerprint density at radius 1 is 1.13 bits per heavy atom. The summed E-state index contributed by atoms with van der Waals surface area (Å²) in [6.45, 7) is 3.89. The Hall–Kier alpha value is -2.31. The van der Waals surface area contributed by atoms with Gasteiger partial charge in [-0.15, -0.1) is 0 Å². The first-order valence-electron chi connectivity index (χ1n) is 7.53. The Labute approximate surface area is 132 Å². The summed E-state index contributed by atoms with van der Waals surface area (Å²) in [6.07, 6.45) is -0.579. The van der Waals surface area contributed by atoms with Crippen LogP contribution in [-0.4, -0.2) is 39.9 Å². The summed E-state index contributed by atoms with van der Waals surface area (Å²) in [5, 5.41) is 2.74. The van der Waals surface area contributed by atoms with Gasteiger partial charge in [0.1, 0.15) is 0 Å². The van der Waals surface area contributed by atoms with Gasteiger partial charge < -0.3 is 10.2 Å². The van der Waals surface area contributed by atoms with E-state index in [0.29, 0.717) is 11.2 Å². The number of nitrogens with zero attached hydrogens (tertiary/aromatic N) is 3. The predicted molar refractivity (Wildman–Crippen MR) is 83.8 cm³/mol. The Morgan fingerprint density at radius 3 is 2.39 bits per heavy atom. The molecule has 0 bridgehead atoms. The number of aromatic nitrogens is 2. The minimum absolute atomic E-state index is 0.0600. The molecular formula is C16H18F2N4O. The number of urea groups is 1. The van der Waals surface area contributed by atoms with Crippen LogP contribution in [0.1, 0.15) is 24.2 Å². The van der Waals surface area contributed by atoms with Crippen molar-refractivity contribution >= 4 is 22.8 Å². The number of alkyl halides is 2. The van der Waals surface area contributed by atoms with Crippen LogP contribution in [0.3, 0.4) is 0 Å². The fourth-order valence-corrected chi connectivity index (χ4v) is 2.55. The Balaban J connectivity index is 1.74. The van der Waals surface area contributed by atoms with Gasteiger partial charge >= 0.3 is 6.03 Å². The Bertz CT molecular complexity index is 753. The molecule has 23 heavy (non-hydrogen) atoms. The van der Waals surface area contributed by atoms with E-state index in [4.69, 9.17) is 0 Å². The number of carbonyl (C=O) groups is 1. The molecule has 0 spiro atoms. The van der Waals surface area contributed by atoms with Gasteiger partial charge in [0.15, 0.2) is 0 Å². The molecule has 0 aliphatic carbocycles. The number of hydrogen-bond acceptors (Lipinski definition) is 3. The molecule has 1 fully saturated rings. The summed E-state index contributed by atoms with van der Waals surface area (Å²) in [7, 11) is 0. The summed E-state index contributed by atoms with van der Waals surface area (Å²) in [5.41, 5.74) is 3.72. The number of fused-ring (bicyclic) bond motifs is 1. The van der Waals surface area contributed by atoms with E-state index in [1.54, 1.807) is 18.2 Å². The monoisotopic (exact) mass is 320 g/mol. The van der Waals surface area contributed by atoms with Crippen LogP contribution in [0.5, 0.6) is 0 Å². The second-order valence-electron chi connectivity index (χ2n) is 5.87.